The van der Waals surface area contributed by atoms with Gasteiger partial charge in [0, 0.05) is 6.04 Å². The van der Waals surface area contributed by atoms with Gasteiger partial charge in [0.15, 0.2) is 8.32 Å². The number of nitrogens with two attached hydrogens (primary N) is 1. The van der Waals surface area contributed by atoms with Gasteiger partial charge in [-0.1, -0.05) is 27.2 Å². The molecule has 128 valence electrons. The fraction of sp³-hybridized carbons (Fsp3) is 0.941. The SMILES string of the molecule is CC(C)(C)[Si](C)(C)O[C@@H]1CCC[C@@H]2CCCN(CC(N)=O)[C@@H]21. The first-order valence-corrected chi connectivity index (χ1v) is 11.7. The van der Waals surface area contributed by atoms with E-state index in [2.05, 4.69) is 38.8 Å². The first-order chi connectivity index (χ1) is 10.1. The molecule has 2 rings (SSSR count). The van der Waals surface area contributed by atoms with E-state index in [1.165, 1.54) is 25.7 Å². The van der Waals surface area contributed by atoms with Crippen LogP contribution in [0.15, 0.2) is 0 Å². The molecule has 1 saturated heterocycles. The molecule has 0 aromatic carbocycles. The lowest BCUT2D eigenvalue weighted by atomic mass is 9.76. The first kappa shape index (κ1) is 18.0. The van der Waals surface area contributed by atoms with Crippen molar-refractivity contribution in [3.8, 4) is 0 Å². The average Bonchev–Trinajstić information content (AvgIpc) is 2.36. The fourth-order valence-electron chi connectivity index (χ4n) is 3.85. The Balaban J connectivity index is 2.16. The topological polar surface area (TPSA) is 55.6 Å². The minimum absolute atomic E-state index is 0.211. The van der Waals surface area contributed by atoms with E-state index in [9.17, 15) is 4.79 Å². The molecular weight excluding hydrogens is 292 g/mol. The van der Waals surface area contributed by atoms with Gasteiger partial charge in [0.25, 0.3) is 0 Å². The maximum atomic E-state index is 11.4. The highest BCUT2D eigenvalue weighted by Gasteiger charge is 2.45. The van der Waals surface area contributed by atoms with Crippen molar-refractivity contribution < 1.29 is 9.22 Å². The fourth-order valence-corrected chi connectivity index (χ4v) is 5.22. The zero-order valence-electron chi connectivity index (χ0n) is 15.0. The van der Waals surface area contributed by atoms with E-state index >= 15 is 0 Å². The minimum atomic E-state index is -1.78. The second-order valence-corrected chi connectivity index (χ2v) is 13.4. The van der Waals surface area contributed by atoms with E-state index in [-0.39, 0.29) is 17.0 Å². The Morgan fingerprint density at radius 2 is 1.86 bits per heavy atom. The van der Waals surface area contributed by atoms with Crippen molar-refractivity contribution in [3.63, 3.8) is 0 Å². The van der Waals surface area contributed by atoms with Crippen LogP contribution >= 0.6 is 0 Å². The van der Waals surface area contributed by atoms with Gasteiger partial charge in [0.2, 0.25) is 5.91 Å². The first-order valence-electron chi connectivity index (χ1n) is 8.82. The number of likely N-dealkylation sites (tertiary alicyclic amines) is 1. The molecule has 0 unspecified atom stereocenters. The standard InChI is InChI=1S/C17H34N2O2Si/c1-17(2,3)22(4,5)21-14-10-6-8-13-9-7-11-19(16(13)14)12-15(18)20/h13-14,16H,6-12H2,1-5H3,(H2,18,20)/t13-,14-,16+/m1/s1. The molecule has 2 fully saturated rings. The monoisotopic (exact) mass is 326 g/mol. The van der Waals surface area contributed by atoms with E-state index in [0.717, 1.165) is 13.0 Å². The predicted octanol–water partition coefficient (Wildman–Crippen LogP) is 3.13. The molecule has 0 aromatic heterocycles. The van der Waals surface area contributed by atoms with E-state index in [4.69, 9.17) is 10.2 Å². The highest BCUT2D eigenvalue weighted by atomic mass is 28.4. The lowest BCUT2D eigenvalue weighted by molar-refractivity contribution is -0.122. The van der Waals surface area contributed by atoms with Gasteiger partial charge in [-0.25, -0.2) is 0 Å². The minimum Gasteiger partial charge on any atom is -0.412 e. The van der Waals surface area contributed by atoms with Crippen molar-refractivity contribution in [1.82, 2.24) is 4.90 Å². The molecule has 0 spiro atoms. The number of carbonyl (C=O) groups is 1. The average molecular weight is 327 g/mol. The molecule has 5 heteroatoms. The second kappa shape index (κ2) is 6.61. The highest BCUT2D eigenvalue weighted by Crippen LogP contribution is 2.42. The van der Waals surface area contributed by atoms with Crippen molar-refractivity contribution in [2.24, 2.45) is 11.7 Å². The normalized spacial score (nSPS) is 30.9. The zero-order valence-corrected chi connectivity index (χ0v) is 16.0. The zero-order chi connectivity index (χ0) is 16.5. The van der Waals surface area contributed by atoms with Crippen LogP contribution in [0.1, 0.15) is 52.9 Å². The summed E-state index contributed by atoms with van der Waals surface area (Å²) < 4.78 is 6.77. The molecule has 0 bridgehead atoms. The number of hydrogen-bond donors (Lipinski definition) is 1. The number of fused-ring (bicyclic) bond motifs is 1. The molecule has 1 saturated carbocycles. The molecular formula is C17H34N2O2Si. The van der Waals surface area contributed by atoms with Crippen molar-refractivity contribution >= 4 is 14.2 Å². The summed E-state index contributed by atoms with van der Waals surface area (Å²) in [5.41, 5.74) is 5.47. The van der Waals surface area contributed by atoms with Crippen LogP contribution < -0.4 is 5.73 Å². The summed E-state index contributed by atoms with van der Waals surface area (Å²) in [5, 5.41) is 0.225. The lowest BCUT2D eigenvalue weighted by Gasteiger charge is -2.51. The Labute approximate surface area is 136 Å². The smallest absolute Gasteiger partial charge is 0.231 e. The van der Waals surface area contributed by atoms with Gasteiger partial charge in [0.1, 0.15) is 0 Å². The quantitative estimate of drug-likeness (QED) is 0.808. The second-order valence-electron chi connectivity index (χ2n) is 8.68. The molecule has 0 radical (unpaired) electrons. The molecule has 1 amide bonds. The number of carbonyl (C=O) groups excluding carboxylic acids is 1. The van der Waals surface area contributed by atoms with Crippen LogP contribution in [0.4, 0.5) is 0 Å². The summed E-state index contributed by atoms with van der Waals surface area (Å²) >= 11 is 0. The van der Waals surface area contributed by atoms with Gasteiger partial charge in [-0.15, -0.1) is 0 Å². The largest absolute Gasteiger partial charge is 0.412 e. The molecule has 2 N–H and O–H groups in total. The lowest BCUT2D eigenvalue weighted by Crippen LogP contribution is -2.59. The maximum Gasteiger partial charge on any atom is 0.231 e. The molecule has 22 heavy (non-hydrogen) atoms. The number of nitrogens with zero attached hydrogens (tertiary/aromatic N) is 1. The van der Waals surface area contributed by atoms with Crippen LogP contribution in [0.5, 0.6) is 0 Å². The summed E-state index contributed by atoms with van der Waals surface area (Å²) in [6.45, 7) is 12.9. The third-order valence-electron chi connectivity index (χ3n) is 5.98. The van der Waals surface area contributed by atoms with Crippen LogP contribution in [0.25, 0.3) is 0 Å². The molecule has 3 atom stereocenters. The third kappa shape index (κ3) is 3.92. The van der Waals surface area contributed by atoms with Gasteiger partial charge in [-0.05, 0) is 56.3 Å². The van der Waals surface area contributed by atoms with Gasteiger partial charge >= 0.3 is 0 Å². The molecule has 0 aromatic rings. The van der Waals surface area contributed by atoms with E-state index in [0.29, 0.717) is 18.5 Å². The summed E-state index contributed by atoms with van der Waals surface area (Å²) in [4.78, 5) is 13.8. The Kier molecular flexibility index (Phi) is 5.40. The van der Waals surface area contributed by atoms with Crippen LogP contribution in [-0.2, 0) is 9.22 Å². The van der Waals surface area contributed by atoms with Crippen LogP contribution in [0.3, 0.4) is 0 Å². The summed E-state index contributed by atoms with van der Waals surface area (Å²) in [6.07, 6.45) is 6.39. The third-order valence-corrected chi connectivity index (χ3v) is 10.5. The molecule has 1 heterocycles. The summed E-state index contributed by atoms with van der Waals surface area (Å²) in [7, 11) is -1.78. The van der Waals surface area contributed by atoms with Gasteiger partial charge in [-0.2, -0.15) is 0 Å². The van der Waals surface area contributed by atoms with Crippen LogP contribution in [0, 0.1) is 5.92 Å². The number of piperidine rings is 1. The van der Waals surface area contributed by atoms with Gasteiger partial charge in [-0.3, -0.25) is 9.69 Å². The molecule has 1 aliphatic heterocycles. The van der Waals surface area contributed by atoms with Crippen molar-refractivity contribution in [2.45, 2.75) is 83.2 Å². The van der Waals surface area contributed by atoms with Gasteiger partial charge in [0.05, 0.1) is 12.6 Å². The maximum absolute atomic E-state index is 11.4. The van der Waals surface area contributed by atoms with Crippen molar-refractivity contribution in [2.75, 3.05) is 13.1 Å². The molecule has 2 aliphatic rings. The van der Waals surface area contributed by atoms with Gasteiger partial charge < -0.3 is 10.2 Å². The van der Waals surface area contributed by atoms with Crippen LogP contribution in [-0.4, -0.2) is 44.4 Å². The number of rotatable bonds is 4. The Hall–Kier alpha value is -0.393. The Morgan fingerprint density at radius 3 is 2.45 bits per heavy atom. The predicted molar refractivity (Wildman–Crippen MR) is 93.2 cm³/mol. The summed E-state index contributed by atoms with van der Waals surface area (Å²) in [6, 6.07) is 0.393. The van der Waals surface area contributed by atoms with E-state index in [1.54, 1.807) is 0 Å². The van der Waals surface area contributed by atoms with E-state index in [1.807, 2.05) is 0 Å². The van der Waals surface area contributed by atoms with Crippen molar-refractivity contribution in [1.29, 1.82) is 0 Å². The Bertz CT molecular complexity index is 404. The Morgan fingerprint density at radius 1 is 1.23 bits per heavy atom. The van der Waals surface area contributed by atoms with Crippen LogP contribution in [0.2, 0.25) is 18.1 Å². The van der Waals surface area contributed by atoms with E-state index < -0.39 is 8.32 Å². The number of primary amides is 1. The molecule has 1 aliphatic carbocycles. The summed E-state index contributed by atoms with van der Waals surface area (Å²) in [5.74, 6) is 0.467. The number of amides is 1. The van der Waals surface area contributed by atoms with Crippen molar-refractivity contribution in [3.05, 3.63) is 0 Å². The number of hydrogen-bond acceptors (Lipinski definition) is 3. The highest BCUT2D eigenvalue weighted by molar-refractivity contribution is 6.74. The molecule has 4 nitrogen and oxygen atoms in total.